The molecule has 0 atom stereocenters. The van der Waals surface area contributed by atoms with Gasteiger partial charge in [-0.2, -0.15) is 5.10 Å². The second-order valence-corrected chi connectivity index (χ2v) is 4.46. The zero-order valence-electron chi connectivity index (χ0n) is 10.5. The van der Waals surface area contributed by atoms with Crippen LogP contribution in [0.3, 0.4) is 0 Å². The van der Waals surface area contributed by atoms with Crippen molar-refractivity contribution in [3.8, 4) is 0 Å². The number of imidazole rings is 1. The highest BCUT2D eigenvalue weighted by atomic mass is 15.1. The Morgan fingerprint density at radius 2 is 2.26 bits per heavy atom. The second kappa shape index (κ2) is 5.01. The first-order valence-corrected chi connectivity index (χ1v) is 6.27. The van der Waals surface area contributed by atoms with Gasteiger partial charge in [-0.25, -0.2) is 4.98 Å². The van der Waals surface area contributed by atoms with E-state index in [9.17, 15) is 0 Å². The van der Waals surface area contributed by atoms with E-state index in [0.717, 1.165) is 47.5 Å². The average molecular weight is 256 g/mol. The van der Waals surface area contributed by atoms with Crippen LogP contribution < -0.4 is 11.1 Å². The lowest BCUT2D eigenvalue weighted by Gasteiger charge is -2.09. The van der Waals surface area contributed by atoms with Crippen LogP contribution in [-0.2, 0) is 6.42 Å². The fraction of sp³-hybridized carbons (Fsp3) is 0.231. The number of nitrogens with two attached hydrogens (primary N) is 1. The van der Waals surface area contributed by atoms with Crippen LogP contribution in [-0.4, -0.2) is 26.7 Å². The van der Waals surface area contributed by atoms with Gasteiger partial charge in [0.25, 0.3) is 0 Å². The summed E-state index contributed by atoms with van der Waals surface area (Å²) in [6.07, 6.45) is 7.30. The number of H-pyrrole nitrogens is 2. The van der Waals surface area contributed by atoms with Crippen molar-refractivity contribution in [2.24, 2.45) is 0 Å². The third-order valence-electron chi connectivity index (χ3n) is 3.07. The van der Waals surface area contributed by atoms with Crippen molar-refractivity contribution in [3.63, 3.8) is 0 Å². The predicted molar refractivity (Wildman–Crippen MR) is 75.9 cm³/mol. The number of nitrogens with zero attached hydrogens (tertiary/aromatic N) is 2. The molecule has 2 aromatic heterocycles. The maximum absolute atomic E-state index is 6.00. The zero-order chi connectivity index (χ0) is 13.1. The van der Waals surface area contributed by atoms with Crippen molar-refractivity contribution in [3.05, 3.63) is 36.5 Å². The number of benzene rings is 1. The summed E-state index contributed by atoms with van der Waals surface area (Å²) in [4.78, 5) is 7.28. The van der Waals surface area contributed by atoms with Crippen molar-refractivity contribution < 1.29 is 0 Å². The highest BCUT2D eigenvalue weighted by molar-refractivity contribution is 5.88. The third-order valence-corrected chi connectivity index (χ3v) is 3.07. The van der Waals surface area contributed by atoms with E-state index in [4.69, 9.17) is 5.73 Å². The van der Waals surface area contributed by atoms with Gasteiger partial charge >= 0.3 is 0 Å². The molecule has 0 radical (unpaired) electrons. The van der Waals surface area contributed by atoms with Crippen LogP contribution in [0.25, 0.3) is 10.9 Å². The number of nitrogens with one attached hydrogen (secondary N) is 3. The van der Waals surface area contributed by atoms with Gasteiger partial charge < -0.3 is 16.0 Å². The summed E-state index contributed by atoms with van der Waals surface area (Å²) in [5, 5.41) is 11.3. The molecule has 6 nitrogen and oxygen atoms in total. The minimum Gasteiger partial charge on any atom is -0.397 e. The predicted octanol–water partition coefficient (Wildman–Crippen LogP) is 1.91. The number of hydrogen-bond donors (Lipinski definition) is 4. The average Bonchev–Trinajstić information content (AvgIpc) is 3.05. The van der Waals surface area contributed by atoms with Crippen molar-refractivity contribution in [1.82, 2.24) is 20.2 Å². The Morgan fingerprint density at radius 3 is 3.11 bits per heavy atom. The molecule has 3 rings (SSSR count). The number of nitrogen functional groups attached to an aromatic ring is 1. The van der Waals surface area contributed by atoms with E-state index in [1.54, 1.807) is 12.4 Å². The summed E-state index contributed by atoms with van der Waals surface area (Å²) >= 11 is 0. The van der Waals surface area contributed by atoms with Crippen LogP contribution in [0.4, 0.5) is 11.4 Å². The van der Waals surface area contributed by atoms with Crippen LogP contribution >= 0.6 is 0 Å². The highest BCUT2D eigenvalue weighted by Crippen LogP contribution is 2.24. The van der Waals surface area contributed by atoms with Crippen LogP contribution in [0.2, 0.25) is 0 Å². The Bertz CT molecular complexity index is 655. The molecule has 0 saturated heterocycles. The van der Waals surface area contributed by atoms with Crippen LogP contribution in [0.5, 0.6) is 0 Å². The number of anilines is 2. The molecule has 5 N–H and O–H groups in total. The lowest BCUT2D eigenvalue weighted by molar-refractivity contribution is 0.817. The van der Waals surface area contributed by atoms with E-state index in [2.05, 4.69) is 25.5 Å². The van der Waals surface area contributed by atoms with Crippen molar-refractivity contribution in [1.29, 1.82) is 0 Å². The monoisotopic (exact) mass is 256 g/mol. The SMILES string of the molecule is Nc1cc2cn[nH]c2cc1NCCCc1ncc[nH]1. The third kappa shape index (κ3) is 2.52. The Hall–Kier alpha value is -2.50. The summed E-state index contributed by atoms with van der Waals surface area (Å²) in [5.41, 5.74) is 8.67. The van der Waals surface area contributed by atoms with Crippen molar-refractivity contribution in [2.45, 2.75) is 12.8 Å². The van der Waals surface area contributed by atoms with Gasteiger partial charge in [0, 0.05) is 30.7 Å². The van der Waals surface area contributed by atoms with E-state index in [0.29, 0.717) is 0 Å². The van der Waals surface area contributed by atoms with Gasteiger partial charge in [0.2, 0.25) is 0 Å². The van der Waals surface area contributed by atoms with Gasteiger partial charge in [0.15, 0.2) is 0 Å². The Balaban J connectivity index is 1.60. The number of aryl methyl sites for hydroxylation is 1. The Labute approximate surface area is 110 Å². The smallest absolute Gasteiger partial charge is 0.106 e. The molecule has 3 aromatic rings. The summed E-state index contributed by atoms with van der Waals surface area (Å²) in [6.45, 7) is 0.852. The highest BCUT2D eigenvalue weighted by Gasteiger charge is 2.03. The van der Waals surface area contributed by atoms with Crippen molar-refractivity contribution in [2.75, 3.05) is 17.6 Å². The molecular weight excluding hydrogens is 240 g/mol. The molecule has 19 heavy (non-hydrogen) atoms. The molecule has 0 aliphatic carbocycles. The number of rotatable bonds is 5. The van der Waals surface area contributed by atoms with E-state index < -0.39 is 0 Å². The fourth-order valence-electron chi connectivity index (χ4n) is 2.08. The first-order chi connectivity index (χ1) is 9.33. The van der Waals surface area contributed by atoms with Gasteiger partial charge in [0.05, 0.1) is 23.1 Å². The molecule has 1 aromatic carbocycles. The van der Waals surface area contributed by atoms with Gasteiger partial charge in [0.1, 0.15) is 5.82 Å². The molecular formula is C13H16N6. The Kier molecular flexibility index (Phi) is 3.06. The molecule has 98 valence electrons. The molecule has 0 saturated carbocycles. The quantitative estimate of drug-likeness (QED) is 0.414. The lowest BCUT2D eigenvalue weighted by Crippen LogP contribution is -2.05. The zero-order valence-corrected chi connectivity index (χ0v) is 10.5. The summed E-state index contributed by atoms with van der Waals surface area (Å²) in [6, 6.07) is 3.91. The molecule has 0 aliphatic heterocycles. The van der Waals surface area contributed by atoms with E-state index in [1.165, 1.54) is 0 Å². The largest absolute Gasteiger partial charge is 0.397 e. The van der Waals surface area contributed by atoms with Gasteiger partial charge in [-0.15, -0.1) is 0 Å². The molecule has 0 fully saturated rings. The maximum atomic E-state index is 6.00. The fourth-order valence-corrected chi connectivity index (χ4v) is 2.08. The topological polar surface area (TPSA) is 95.4 Å². The number of fused-ring (bicyclic) bond motifs is 1. The van der Waals surface area contributed by atoms with E-state index in [-0.39, 0.29) is 0 Å². The number of aromatic amines is 2. The minimum atomic E-state index is 0.742. The number of hydrogen-bond acceptors (Lipinski definition) is 4. The summed E-state index contributed by atoms with van der Waals surface area (Å²) in [5.74, 6) is 1.01. The van der Waals surface area contributed by atoms with E-state index in [1.807, 2.05) is 18.3 Å². The second-order valence-electron chi connectivity index (χ2n) is 4.46. The van der Waals surface area contributed by atoms with Gasteiger partial charge in [-0.1, -0.05) is 0 Å². The van der Waals surface area contributed by atoms with Crippen LogP contribution in [0, 0.1) is 0 Å². The molecule has 0 aliphatic rings. The first kappa shape index (κ1) is 11.6. The molecule has 6 heteroatoms. The summed E-state index contributed by atoms with van der Waals surface area (Å²) in [7, 11) is 0. The maximum Gasteiger partial charge on any atom is 0.106 e. The van der Waals surface area contributed by atoms with Crippen LogP contribution in [0.1, 0.15) is 12.2 Å². The molecule has 0 amide bonds. The molecule has 2 heterocycles. The summed E-state index contributed by atoms with van der Waals surface area (Å²) < 4.78 is 0. The normalized spacial score (nSPS) is 10.9. The van der Waals surface area contributed by atoms with Gasteiger partial charge in [-0.3, -0.25) is 5.10 Å². The van der Waals surface area contributed by atoms with Gasteiger partial charge in [-0.05, 0) is 18.6 Å². The first-order valence-electron chi connectivity index (χ1n) is 6.27. The van der Waals surface area contributed by atoms with Crippen LogP contribution in [0.15, 0.2) is 30.7 Å². The standard InChI is InChI=1S/C13H16N6/c14-10-6-9-8-18-19-11(9)7-12(10)15-3-1-2-13-16-4-5-17-13/h4-8,15H,1-3,14H2,(H,16,17)(H,18,19). The molecule has 0 spiro atoms. The number of aromatic nitrogens is 4. The molecule has 0 bridgehead atoms. The van der Waals surface area contributed by atoms with Crippen molar-refractivity contribution >= 4 is 22.3 Å². The minimum absolute atomic E-state index is 0.742. The lowest BCUT2D eigenvalue weighted by atomic mass is 10.2. The Morgan fingerprint density at radius 1 is 1.32 bits per heavy atom. The van der Waals surface area contributed by atoms with E-state index >= 15 is 0 Å². The molecule has 0 unspecified atom stereocenters.